The molecule has 3 aromatic rings. The molecule has 8 heteroatoms. The standard InChI is InChI=1S/C25H24N4O3S/c30-21(28-13-4-7-20(28)23-27-12-14-33-23)15-25(19-5-2-1-3-6-19)16-22(31)29(24(25)32)17-18-8-10-26-11-9-18/h1-3,5-6,8-12,14,20H,4,7,13,15-17H2/t20-,25+/m0/s1. The summed E-state index contributed by atoms with van der Waals surface area (Å²) in [6, 6.07) is 12.8. The van der Waals surface area contributed by atoms with Crippen LogP contribution in [0, 0.1) is 0 Å². The molecule has 2 aromatic heterocycles. The lowest BCUT2D eigenvalue weighted by Gasteiger charge is -2.31. The first-order chi connectivity index (χ1) is 16.1. The lowest BCUT2D eigenvalue weighted by atomic mass is 9.75. The van der Waals surface area contributed by atoms with E-state index in [0.29, 0.717) is 12.1 Å². The molecular weight excluding hydrogens is 436 g/mol. The van der Waals surface area contributed by atoms with Crippen molar-refractivity contribution in [2.75, 3.05) is 6.54 Å². The van der Waals surface area contributed by atoms with Crippen molar-refractivity contribution in [3.05, 3.63) is 82.6 Å². The zero-order valence-electron chi connectivity index (χ0n) is 18.1. The van der Waals surface area contributed by atoms with Crippen LogP contribution >= 0.6 is 11.3 Å². The number of likely N-dealkylation sites (tertiary alicyclic amines) is 2. The van der Waals surface area contributed by atoms with E-state index in [-0.39, 0.29) is 43.1 Å². The molecule has 2 saturated heterocycles. The summed E-state index contributed by atoms with van der Waals surface area (Å²) in [6.45, 7) is 0.811. The first-order valence-electron chi connectivity index (χ1n) is 11.1. The third-order valence-corrected chi connectivity index (χ3v) is 7.46. The molecule has 7 nitrogen and oxygen atoms in total. The Morgan fingerprint density at radius 3 is 2.61 bits per heavy atom. The summed E-state index contributed by atoms with van der Waals surface area (Å²) in [7, 11) is 0. The average molecular weight is 461 g/mol. The van der Waals surface area contributed by atoms with Crippen LogP contribution < -0.4 is 0 Å². The minimum Gasteiger partial charge on any atom is -0.333 e. The minimum absolute atomic E-state index is 0.0115. The number of carbonyl (C=O) groups is 3. The Morgan fingerprint density at radius 2 is 1.88 bits per heavy atom. The summed E-state index contributed by atoms with van der Waals surface area (Å²) >= 11 is 1.54. The number of carbonyl (C=O) groups excluding carboxylic acids is 3. The topological polar surface area (TPSA) is 83.5 Å². The molecule has 0 saturated carbocycles. The normalized spacial score (nSPS) is 22.8. The van der Waals surface area contributed by atoms with Gasteiger partial charge in [0.15, 0.2) is 0 Å². The van der Waals surface area contributed by atoms with Crippen LogP contribution in [0.1, 0.15) is 47.9 Å². The summed E-state index contributed by atoms with van der Waals surface area (Å²) in [4.78, 5) is 52.1. The zero-order chi connectivity index (χ0) is 22.8. The van der Waals surface area contributed by atoms with E-state index < -0.39 is 5.41 Å². The van der Waals surface area contributed by atoms with E-state index >= 15 is 0 Å². The van der Waals surface area contributed by atoms with E-state index in [4.69, 9.17) is 0 Å². The molecule has 168 valence electrons. The molecule has 2 atom stereocenters. The molecule has 2 aliphatic heterocycles. The van der Waals surface area contributed by atoms with E-state index in [9.17, 15) is 14.4 Å². The van der Waals surface area contributed by atoms with Gasteiger partial charge in [0.25, 0.3) is 0 Å². The number of benzene rings is 1. The van der Waals surface area contributed by atoms with Gasteiger partial charge in [-0.3, -0.25) is 24.3 Å². The van der Waals surface area contributed by atoms with Gasteiger partial charge in [-0.2, -0.15) is 0 Å². The number of imide groups is 1. The van der Waals surface area contributed by atoms with Crippen molar-refractivity contribution in [2.45, 2.75) is 43.7 Å². The Hall–Kier alpha value is -3.39. The number of rotatable bonds is 6. The van der Waals surface area contributed by atoms with Crippen molar-refractivity contribution in [3.8, 4) is 0 Å². The van der Waals surface area contributed by atoms with Gasteiger partial charge in [-0.1, -0.05) is 30.3 Å². The molecule has 3 amide bonds. The van der Waals surface area contributed by atoms with Crippen LogP contribution in [0.25, 0.3) is 0 Å². The van der Waals surface area contributed by atoms with Gasteiger partial charge in [-0.25, -0.2) is 4.98 Å². The summed E-state index contributed by atoms with van der Waals surface area (Å²) < 4.78 is 0. The van der Waals surface area contributed by atoms with Gasteiger partial charge in [-0.15, -0.1) is 11.3 Å². The van der Waals surface area contributed by atoms with Crippen molar-refractivity contribution in [2.24, 2.45) is 0 Å². The second-order valence-electron chi connectivity index (χ2n) is 8.56. The number of pyridine rings is 1. The van der Waals surface area contributed by atoms with Crippen LogP contribution in [-0.4, -0.2) is 44.0 Å². The Morgan fingerprint density at radius 1 is 1.09 bits per heavy atom. The second kappa shape index (κ2) is 8.86. The Labute approximate surface area is 196 Å². The fourth-order valence-electron chi connectivity index (χ4n) is 4.94. The number of nitrogens with zero attached hydrogens (tertiary/aromatic N) is 4. The summed E-state index contributed by atoms with van der Waals surface area (Å²) in [5.41, 5.74) is 0.336. The van der Waals surface area contributed by atoms with Crippen molar-refractivity contribution in [1.29, 1.82) is 0 Å². The Bertz CT molecular complexity index is 1150. The fourth-order valence-corrected chi connectivity index (χ4v) is 5.72. The SMILES string of the molecule is O=C1C[C@](CC(=O)N2CCC[C@H]2c2nccs2)(c2ccccc2)C(=O)N1Cc1ccncc1. The van der Waals surface area contributed by atoms with Gasteiger partial charge < -0.3 is 4.90 Å². The number of aromatic nitrogens is 2. The molecule has 2 aliphatic rings. The molecule has 0 radical (unpaired) electrons. The van der Waals surface area contributed by atoms with Crippen LogP contribution in [0.15, 0.2) is 66.4 Å². The third kappa shape index (κ3) is 3.95. The number of hydrogen-bond acceptors (Lipinski definition) is 6. The predicted octanol–water partition coefficient (Wildman–Crippen LogP) is 3.49. The smallest absolute Gasteiger partial charge is 0.241 e. The highest BCUT2D eigenvalue weighted by molar-refractivity contribution is 7.09. The third-order valence-electron chi connectivity index (χ3n) is 6.59. The van der Waals surface area contributed by atoms with Crippen molar-refractivity contribution >= 4 is 29.1 Å². The van der Waals surface area contributed by atoms with E-state index in [1.165, 1.54) is 4.90 Å². The van der Waals surface area contributed by atoms with Crippen molar-refractivity contribution in [3.63, 3.8) is 0 Å². The van der Waals surface area contributed by atoms with Gasteiger partial charge >= 0.3 is 0 Å². The summed E-state index contributed by atoms with van der Waals surface area (Å²) in [5.74, 6) is -0.677. The highest BCUT2D eigenvalue weighted by Gasteiger charge is 2.54. The average Bonchev–Trinajstić information content (AvgIpc) is 3.58. The van der Waals surface area contributed by atoms with E-state index in [1.807, 2.05) is 40.6 Å². The van der Waals surface area contributed by atoms with Crippen LogP contribution in [0.4, 0.5) is 0 Å². The lowest BCUT2D eigenvalue weighted by molar-refractivity contribution is -0.143. The maximum absolute atomic E-state index is 13.8. The first-order valence-corrected chi connectivity index (χ1v) is 11.9. The molecule has 2 fully saturated rings. The molecule has 0 unspecified atom stereocenters. The molecule has 0 spiro atoms. The van der Waals surface area contributed by atoms with E-state index in [2.05, 4.69) is 9.97 Å². The molecule has 4 heterocycles. The first kappa shape index (κ1) is 21.5. The fraction of sp³-hybridized carbons (Fsp3) is 0.320. The highest BCUT2D eigenvalue weighted by atomic mass is 32.1. The quantitative estimate of drug-likeness (QED) is 0.526. The van der Waals surface area contributed by atoms with Crippen molar-refractivity contribution < 1.29 is 14.4 Å². The minimum atomic E-state index is -1.20. The van der Waals surface area contributed by atoms with Gasteiger partial charge in [0.1, 0.15) is 5.01 Å². The Balaban J connectivity index is 1.46. The largest absolute Gasteiger partial charge is 0.333 e. The van der Waals surface area contributed by atoms with E-state index in [1.54, 1.807) is 42.1 Å². The molecule has 0 aliphatic carbocycles. The molecule has 0 bridgehead atoms. The molecule has 33 heavy (non-hydrogen) atoms. The van der Waals surface area contributed by atoms with Gasteiger partial charge in [0, 0.05) is 43.4 Å². The zero-order valence-corrected chi connectivity index (χ0v) is 18.9. The summed E-state index contributed by atoms with van der Waals surface area (Å²) in [5, 5.41) is 2.83. The number of amides is 3. The maximum atomic E-state index is 13.8. The number of hydrogen-bond donors (Lipinski definition) is 0. The highest BCUT2D eigenvalue weighted by Crippen LogP contribution is 2.42. The Kier molecular flexibility index (Phi) is 5.76. The monoisotopic (exact) mass is 460 g/mol. The van der Waals surface area contributed by atoms with Gasteiger partial charge in [0.05, 0.1) is 18.0 Å². The van der Waals surface area contributed by atoms with Crippen LogP contribution in [0.2, 0.25) is 0 Å². The van der Waals surface area contributed by atoms with Crippen LogP contribution in [-0.2, 0) is 26.3 Å². The van der Waals surface area contributed by atoms with Crippen molar-refractivity contribution in [1.82, 2.24) is 19.8 Å². The van der Waals surface area contributed by atoms with Gasteiger partial charge in [-0.05, 0) is 36.1 Å². The predicted molar refractivity (Wildman–Crippen MR) is 123 cm³/mol. The second-order valence-corrected chi connectivity index (χ2v) is 9.48. The maximum Gasteiger partial charge on any atom is 0.241 e. The number of thiazole rings is 1. The molecule has 1 aromatic carbocycles. The summed E-state index contributed by atoms with van der Waals surface area (Å²) in [6.07, 6.45) is 6.75. The molecular formula is C25H24N4O3S. The van der Waals surface area contributed by atoms with Crippen LogP contribution in [0.5, 0.6) is 0 Å². The molecule has 0 N–H and O–H groups in total. The van der Waals surface area contributed by atoms with Gasteiger partial charge in [0.2, 0.25) is 17.7 Å². The van der Waals surface area contributed by atoms with E-state index in [0.717, 1.165) is 23.4 Å². The van der Waals surface area contributed by atoms with Crippen LogP contribution in [0.3, 0.4) is 0 Å². The lowest BCUT2D eigenvalue weighted by Crippen LogP contribution is -2.43. The molecule has 5 rings (SSSR count).